The van der Waals surface area contributed by atoms with Gasteiger partial charge in [-0.1, -0.05) is 54.6 Å². The van der Waals surface area contributed by atoms with Crippen LogP contribution < -0.4 is 10.6 Å². The van der Waals surface area contributed by atoms with Gasteiger partial charge in [0.05, 0.1) is 0 Å². The van der Waals surface area contributed by atoms with E-state index in [1.807, 2.05) is 54.6 Å². The van der Waals surface area contributed by atoms with Crippen molar-refractivity contribution in [3.8, 4) is 0 Å². The van der Waals surface area contributed by atoms with Gasteiger partial charge in [0, 0.05) is 16.2 Å². The maximum Gasteiger partial charge on any atom is 0.168 e. The van der Waals surface area contributed by atoms with Crippen LogP contribution in [0.2, 0.25) is 0 Å². The molecule has 0 saturated carbocycles. The second-order valence-electron chi connectivity index (χ2n) is 3.87. The fourth-order valence-corrected chi connectivity index (χ4v) is 3.01. The van der Waals surface area contributed by atoms with Crippen molar-refractivity contribution in [2.75, 3.05) is 0 Å². The molecule has 1 atom stereocenters. The fraction of sp³-hybridized carbons (Fsp3) is 0. The van der Waals surface area contributed by atoms with Crippen molar-refractivity contribution in [1.29, 1.82) is 0 Å². The normalized spacial score (nSPS) is 14.7. The van der Waals surface area contributed by atoms with Gasteiger partial charge in [-0.3, -0.25) is 0 Å². The molecule has 0 N–H and O–H groups in total. The molecule has 0 saturated heterocycles. The van der Waals surface area contributed by atoms with Gasteiger partial charge in [-0.2, -0.15) is 0 Å². The second kappa shape index (κ2) is 4.23. The zero-order valence-electron chi connectivity index (χ0n) is 9.09. The lowest BCUT2D eigenvalue weighted by atomic mass is 10.2. The zero-order chi connectivity index (χ0) is 11.7. The van der Waals surface area contributed by atoms with Gasteiger partial charge in [-0.05, 0) is 0 Å². The first-order valence-corrected chi connectivity index (χ1v) is 6.82. The van der Waals surface area contributed by atoms with E-state index < -0.39 is 7.80 Å². The molecular weight excluding hydrogens is 231 g/mol. The first-order valence-electron chi connectivity index (χ1n) is 5.41. The molecule has 1 aliphatic rings. The number of hydrogen-bond donors (Lipinski definition) is 0. The molecule has 2 nitrogen and oxygen atoms in total. The van der Waals surface area contributed by atoms with Crippen LogP contribution in [-0.4, -0.2) is 0 Å². The van der Waals surface area contributed by atoms with E-state index in [0.717, 1.165) is 21.9 Å². The monoisotopic (exact) mass is 242 g/mol. The summed E-state index contributed by atoms with van der Waals surface area (Å²) in [5, 5.41) is 1.78. The SMILES string of the molecule is O=[PH](c1ccccc1)c1ccc(C2=CO2)cc1. The molecular formula is C14H11O2P. The van der Waals surface area contributed by atoms with E-state index in [9.17, 15) is 4.57 Å². The molecule has 1 aliphatic heterocycles. The van der Waals surface area contributed by atoms with Gasteiger partial charge in [0.25, 0.3) is 0 Å². The minimum Gasteiger partial charge on any atom is -0.457 e. The van der Waals surface area contributed by atoms with Crippen molar-refractivity contribution in [2.24, 2.45) is 0 Å². The Morgan fingerprint density at radius 1 is 0.824 bits per heavy atom. The van der Waals surface area contributed by atoms with Crippen LogP contribution in [0.1, 0.15) is 5.56 Å². The highest BCUT2D eigenvalue weighted by Crippen LogP contribution is 2.27. The van der Waals surface area contributed by atoms with Gasteiger partial charge < -0.3 is 9.30 Å². The molecule has 3 rings (SSSR count). The van der Waals surface area contributed by atoms with Crippen LogP contribution in [-0.2, 0) is 9.30 Å². The highest BCUT2D eigenvalue weighted by atomic mass is 31.1. The van der Waals surface area contributed by atoms with Crippen LogP contribution in [0.4, 0.5) is 0 Å². The standard InChI is InChI=1S/C14H11O2P/c15-17(12-4-2-1-3-5-12)13-8-6-11(7-9-13)14-10-16-14/h1-10,17H. The number of hydrogen-bond acceptors (Lipinski definition) is 2. The first kappa shape index (κ1) is 10.4. The van der Waals surface area contributed by atoms with Crippen molar-refractivity contribution in [3.05, 3.63) is 66.4 Å². The molecule has 0 radical (unpaired) electrons. The third-order valence-corrected chi connectivity index (χ3v) is 4.42. The average molecular weight is 242 g/mol. The molecule has 2 aromatic rings. The Morgan fingerprint density at radius 3 is 2.00 bits per heavy atom. The van der Waals surface area contributed by atoms with E-state index in [4.69, 9.17) is 4.74 Å². The smallest absolute Gasteiger partial charge is 0.168 e. The molecule has 17 heavy (non-hydrogen) atoms. The van der Waals surface area contributed by atoms with Crippen molar-refractivity contribution in [3.63, 3.8) is 0 Å². The molecule has 3 heteroatoms. The summed E-state index contributed by atoms with van der Waals surface area (Å²) in [4.78, 5) is 0. The molecule has 2 aromatic carbocycles. The van der Waals surface area contributed by atoms with Crippen LogP contribution in [0.3, 0.4) is 0 Å². The van der Waals surface area contributed by atoms with Gasteiger partial charge in [-0.25, -0.2) is 0 Å². The Labute approximate surface area is 100 Å². The predicted octanol–water partition coefficient (Wildman–Crippen LogP) is 2.53. The minimum absolute atomic E-state index is 0.881. The van der Waals surface area contributed by atoms with Crippen LogP contribution >= 0.6 is 7.80 Å². The molecule has 0 fully saturated rings. The zero-order valence-corrected chi connectivity index (χ0v) is 10.1. The lowest BCUT2D eigenvalue weighted by Crippen LogP contribution is -2.05. The van der Waals surface area contributed by atoms with E-state index in [-0.39, 0.29) is 0 Å². The van der Waals surface area contributed by atoms with Crippen molar-refractivity contribution >= 4 is 24.2 Å². The van der Waals surface area contributed by atoms with Crippen LogP contribution in [0.5, 0.6) is 0 Å². The van der Waals surface area contributed by atoms with E-state index in [1.165, 1.54) is 0 Å². The van der Waals surface area contributed by atoms with Crippen molar-refractivity contribution in [2.45, 2.75) is 0 Å². The molecule has 0 bridgehead atoms. The van der Waals surface area contributed by atoms with Crippen LogP contribution in [0.25, 0.3) is 5.76 Å². The molecule has 0 aliphatic carbocycles. The Hall–Kier alpha value is -1.79. The van der Waals surface area contributed by atoms with Crippen LogP contribution in [0.15, 0.2) is 60.9 Å². The maximum absolute atomic E-state index is 12.3. The second-order valence-corrected chi connectivity index (χ2v) is 5.69. The van der Waals surface area contributed by atoms with Gasteiger partial charge in [-0.15, -0.1) is 0 Å². The maximum atomic E-state index is 12.3. The largest absolute Gasteiger partial charge is 0.457 e. The molecule has 0 spiro atoms. The lowest BCUT2D eigenvalue weighted by molar-refractivity contribution is 0.563. The number of rotatable bonds is 3. The third-order valence-electron chi connectivity index (χ3n) is 2.70. The molecule has 0 aromatic heterocycles. The molecule has 1 unspecified atom stereocenters. The van der Waals surface area contributed by atoms with Gasteiger partial charge in [0.15, 0.2) is 5.76 Å². The van der Waals surface area contributed by atoms with E-state index >= 15 is 0 Å². The predicted molar refractivity (Wildman–Crippen MR) is 70.2 cm³/mol. The summed E-state index contributed by atoms with van der Waals surface area (Å²) < 4.78 is 17.3. The number of benzene rings is 2. The molecule has 0 amide bonds. The van der Waals surface area contributed by atoms with Crippen molar-refractivity contribution in [1.82, 2.24) is 0 Å². The summed E-state index contributed by atoms with van der Waals surface area (Å²) in [6.07, 6.45) is 1.70. The average Bonchev–Trinajstić information content (AvgIpc) is 3.24. The summed E-state index contributed by atoms with van der Waals surface area (Å²) in [6, 6.07) is 17.3. The van der Waals surface area contributed by atoms with E-state index in [2.05, 4.69) is 0 Å². The topological polar surface area (TPSA) is 29.6 Å². The highest BCUT2D eigenvalue weighted by molar-refractivity contribution is 7.61. The van der Waals surface area contributed by atoms with Gasteiger partial charge >= 0.3 is 0 Å². The Kier molecular flexibility index (Phi) is 2.58. The quantitative estimate of drug-likeness (QED) is 0.774. The Bertz CT molecular complexity index is 585. The highest BCUT2D eigenvalue weighted by Gasteiger charge is 2.13. The van der Waals surface area contributed by atoms with Gasteiger partial charge in [0.1, 0.15) is 14.1 Å². The van der Waals surface area contributed by atoms with Crippen LogP contribution in [0, 0.1) is 0 Å². The first-order chi connectivity index (χ1) is 8.34. The van der Waals surface area contributed by atoms with E-state index in [1.54, 1.807) is 6.26 Å². The fourth-order valence-electron chi connectivity index (χ4n) is 1.71. The summed E-state index contributed by atoms with van der Waals surface area (Å²) >= 11 is 0. The number of ether oxygens (including phenoxy) is 1. The van der Waals surface area contributed by atoms with Crippen molar-refractivity contribution < 1.29 is 9.30 Å². The Morgan fingerprint density at radius 2 is 1.41 bits per heavy atom. The molecule has 1 heterocycles. The summed E-state index contributed by atoms with van der Waals surface area (Å²) in [7, 11) is -1.88. The van der Waals surface area contributed by atoms with E-state index in [0.29, 0.717) is 0 Å². The lowest BCUT2D eigenvalue weighted by Gasteiger charge is -2.02. The summed E-state index contributed by atoms with van der Waals surface area (Å²) in [5.41, 5.74) is 1.04. The minimum atomic E-state index is -1.88. The summed E-state index contributed by atoms with van der Waals surface area (Å²) in [5.74, 6) is 0.899. The Balaban J connectivity index is 1.89. The van der Waals surface area contributed by atoms with Gasteiger partial charge in [0.2, 0.25) is 0 Å². The summed E-state index contributed by atoms with van der Waals surface area (Å²) in [6.45, 7) is 0. The third kappa shape index (κ3) is 2.17. The molecule has 84 valence electrons.